The monoisotopic (exact) mass is 348 g/mol. The summed E-state index contributed by atoms with van der Waals surface area (Å²) in [5.41, 5.74) is 8.46. The number of hydrogen-bond acceptors (Lipinski definition) is 4. The molecule has 0 fully saturated rings. The average molecular weight is 349 g/mol. The standard InChI is InChI=1S/C14H17BrN6/c1-9(2)21-13-4-3-10(15)5-12(13)17-14(21)8-20-7-11(6-16)18-19-20/h3-5,7,9H,6,8,16H2,1-2H3. The molecule has 0 aliphatic heterocycles. The van der Waals surface area contributed by atoms with Gasteiger partial charge < -0.3 is 10.3 Å². The van der Waals surface area contributed by atoms with Crippen LogP contribution in [0.4, 0.5) is 0 Å². The highest BCUT2D eigenvalue weighted by atomic mass is 79.9. The number of nitrogens with zero attached hydrogens (tertiary/aromatic N) is 5. The summed E-state index contributed by atoms with van der Waals surface area (Å²) >= 11 is 3.49. The maximum absolute atomic E-state index is 5.57. The minimum atomic E-state index is 0.323. The van der Waals surface area contributed by atoms with Gasteiger partial charge in [-0.1, -0.05) is 21.1 Å². The van der Waals surface area contributed by atoms with Crippen molar-refractivity contribution in [3.05, 3.63) is 40.4 Å². The van der Waals surface area contributed by atoms with Crippen LogP contribution in [0.1, 0.15) is 31.4 Å². The van der Waals surface area contributed by atoms with Gasteiger partial charge in [-0.3, -0.25) is 0 Å². The number of halogens is 1. The summed E-state index contributed by atoms with van der Waals surface area (Å²) in [4.78, 5) is 4.74. The van der Waals surface area contributed by atoms with Crippen LogP contribution in [0.5, 0.6) is 0 Å². The smallest absolute Gasteiger partial charge is 0.132 e. The zero-order valence-corrected chi connectivity index (χ0v) is 13.6. The van der Waals surface area contributed by atoms with Crippen molar-refractivity contribution in [3.63, 3.8) is 0 Å². The first kappa shape index (κ1) is 14.2. The predicted molar refractivity (Wildman–Crippen MR) is 84.8 cm³/mol. The van der Waals surface area contributed by atoms with Gasteiger partial charge in [0.25, 0.3) is 0 Å². The topological polar surface area (TPSA) is 74.5 Å². The van der Waals surface area contributed by atoms with Crippen LogP contribution in [0.2, 0.25) is 0 Å². The Hall–Kier alpha value is -1.73. The molecule has 0 atom stereocenters. The number of fused-ring (bicyclic) bond motifs is 1. The van der Waals surface area contributed by atoms with Gasteiger partial charge in [0.1, 0.15) is 12.4 Å². The van der Waals surface area contributed by atoms with Crippen LogP contribution in [0, 0.1) is 0 Å². The molecule has 110 valence electrons. The van der Waals surface area contributed by atoms with E-state index in [9.17, 15) is 0 Å². The molecule has 3 rings (SSSR count). The third kappa shape index (κ3) is 2.71. The fourth-order valence-corrected chi connectivity index (χ4v) is 2.81. The average Bonchev–Trinajstić information content (AvgIpc) is 3.02. The van der Waals surface area contributed by atoms with E-state index in [-0.39, 0.29) is 0 Å². The largest absolute Gasteiger partial charge is 0.325 e. The molecule has 2 N–H and O–H groups in total. The van der Waals surface area contributed by atoms with Crippen molar-refractivity contribution in [3.8, 4) is 0 Å². The van der Waals surface area contributed by atoms with Crippen molar-refractivity contribution < 1.29 is 0 Å². The number of rotatable bonds is 4. The molecule has 6 nitrogen and oxygen atoms in total. The Balaban J connectivity index is 2.06. The van der Waals surface area contributed by atoms with E-state index in [2.05, 4.69) is 50.7 Å². The quantitative estimate of drug-likeness (QED) is 0.785. The van der Waals surface area contributed by atoms with Crippen molar-refractivity contribution in [2.24, 2.45) is 5.73 Å². The second-order valence-corrected chi connectivity index (χ2v) is 6.15. The zero-order chi connectivity index (χ0) is 15.0. The number of aromatic nitrogens is 5. The second kappa shape index (κ2) is 5.57. The maximum atomic E-state index is 5.57. The highest BCUT2D eigenvalue weighted by molar-refractivity contribution is 9.10. The van der Waals surface area contributed by atoms with Crippen LogP contribution in [-0.4, -0.2) is 24.5 Å². The first-order valence-electron chi connectivity index (χ1n) is 6.84. The van der Waals surface area contributed by atoms with Gasteiger partial charge in [0, 0.05) is 17.1 Å². The van der Waals surface area contributed by atoms with Gasteiger partial charge in [0.15, 0.2) is 0 Å². The van der Waals surface area contributed by atoms with E-state index in [0.29, 0.717) is 19.1 Å². The molecule has 2 aromatic heterocycles. The Kier molecular flexibility index (Phi) is 3.77. The Morgan fingerprint density at radius 3 is 2.81 bits per heavy atom. The summed E-state index contributed by atoms with van der Waals surface area (Å²) in [5.74, 6) is 0.964. The summed E-state index contributed by atoms with van der Waals surface area (Å²) in [7, 11) is 0. The molecule has 0 amide bonds. The summed E-state index contributed by atoms with van der Waals surface area (Å²) in [5, 5.41) is 8.11. The van der Waals surface area contributed by atoms with Gasteiger partial charge in [-0.2, -0.15) is 0 Å². The minimum Gasteiger partial charge on any atom is -0.325 e. The number of hydrogen-bond donors (Lipinski definition) is 1. The minimum absolute atomic E-state index is 0.323. The normalized spacial score (nSPS) is 11.7. The van der Waals surface area contributed by atoms with Gasteiger partial charge in [-0.15, -0.1) is 5.10 Å². The number of nitrogens with two attached hydrogens (primary N) is 1. The summed E-state index contributed by atoms with van der Waals surface area (Å²) in [6, 6.07) is 6.48. The Labute approximate surface area is 131 Å². The lowest BCUT2D eigenvalue weighted by molar-refractivity contribution is 0.543. The lowest BCUT2D eigenvalue weighted by Gasteiger charge is -2.12. The van der Waals surface area contributed by atoms with Crippen LogP contribution in [0.25, 0.3) is 11.0 Å². The van der Waals surface area contributed by atoms with E-state index in [1.54, 1.807) is 4.68 Å². The second-order valence-electron chi connectivity index (χ2n) is 5.24. The molecule has 1 aromatic carbocycles. The molecule has 0 radical (unpaired) electrons. The molecular weight excluding hydrogens is 332 g/mol. The van der Waals surface area contributed by atoms with E-state index in [0.717, 1.165) is 27.0 Å². The molecule has 2 heterocycles. The number of benzene rings is 1. The van der Waals surface area contributed by atoms with Gasteiger partial charge in [-0.25, -0.2) is 9.67 Å². The van der Waals surface area contributed by atoms with Crippen molar-refractivity contribution in [2.45, 2.75) is 33.0 Å². The number of imidazole rings is 1. The molecule has 0 spiro atoms. The van der Waals surface area contributed by atoms with Crippen LogP contribution in [-0.2, 0) is 13.1 Å². The molecular formula is C14H17BrN6. The fraction of sp³-hybridized carbons (Fsp3) is 0.357. The Morgan fingerprint density at radius 1 is 1.33 bits per heavy atom. The molecule has 0 bridgehead atoms. The van der Waals surface area contributed by atoms with Gasteiger partial charge in [-0.05, 0) is 32.0 Å². The van der Waals surface area contributed by atoms with E-state index in [1.165, 1.54) is 0 Å². The van der Waals surface area contributed by atoms with Crippen LogP contribution >= 0.6 is 15.9 Å². The van der Waals surface area contributed by atoms with Gasteiger partial charge in [0.2, 0.25) is 0 Å². The fourth-order valence-electron chi connectivity index (χ4n) is 2.46. The molecule has 0 unspecified atom stereocenters. The first-order valence-corrected chi connectivity index (χ1v) is 7.63. The third-order valence-corrected chi connectivity index (χ3v) is 3.83. The lowest BCUT2D eigenvalue weighted by atomic mass is 10.3. The predicted octanol–water partition coefficient (Wildman–Crippen LogP) is 2.48. The van der Waals surface area contributed by atoms with Crippen LogP contribution in [0.15, 0.2) is 28.9 Å². The van der Waals surface area contributed by atoms with Gasteiger partial charge >= 0.3 is 0 Å². The van der Waals surface area contributed by atoms with E-state index >= 15 is 0 Å². The van der Waals surface area contributed by atoms with E-state index < -0.39 is 0 Å². The highest BCUT2D eigenvalue weighted by Crippen LogP contribution is 2.24. The first-order chi connectivity index (χ1) is 10.1. The maximum Gasteiger partial charge on any atom is 0.132 e. The molecule has 3 aromatic rings. The van der Waals surface area contributed by atoms with Crippen LogP contribution in [0.3, 0.4) is 0 Å². The summed E-state index contributed by atoms with van der Waals surface area (Å²) in [6.45, 7) is 5.28. The molecule has 0 saturated carbocycles. The molecule has 21 heavy (non-hydrogen) atoms. The summed E-state index contributed by atoms with van der Waals surface area (Å²) < 4.78 is 5.03. The van der Waals surface area contributed by atoms with Crippen molar-refractivity contribution in [1.29, 1.82) is 0 Å². The zero-order valence-electron chi connectivity index (χ0n) is 12.0. The Bertz CT molecular complexity index is 773. The lowest BCUT2D eigenvalue weighted by Crippen LogP contribution is -2.11. The van der Waals surface area contributed by atoms with Crippen molar-refractivity contribution >= 4 is 27.0 Å². The van der Waals surface area contributed by atoms with Crippen molar-refractivity contribution in [1.82, 2.24) is 24.5 Å². The van der Waals surface area contributed by atoms with Gasteiger partial charge in [0.05, 0.1) is 22.9 Å². The van der Waals surface area contributed by atoms with Crippen molar-refractivity contribution in [2.75, 3.05) is 0 Å². The third-order valence-electron chi connectivity index (χ3n) is 3.34. The molecule has 0 saturated heterocycles. The highest BCUT2D eigenvalue weighted by Gasteiger charge is 2.14. The molecule has 0 aliphatic carbocycles. The van der Waals surface area contributed by atoms with E-state index in [1.807, 2.05) is 18.3 Å². The van der Waals surface area contributed by atoms with Crippen LogP contribution < -0.4 is 5.73 Å². The van der Waals surface area contributed by atoms with E-state index in [4.69, 9.17) is 10.7 Å². The SMILES string of the molecule is CC(C)n1c(Cn2cc(CN)nn2)nc2cc(Br)ccc21. The molecule has 0 aliphatic rings. The molecule has 7 heteroatoms. The Morgan fingerprint density at radius 2 is 2.14 bits per heavy atom. The summed E-state index contributed by atoms with van der Waals surface area (Å²) in [6.07, 6.45) is 1.86.